The minimum Gasteiger partial charge on any atom is -0.493 e. The van der Waals surface area contributed by atoms with Crippen molar-refractivity contribution in [2.75, 3.05) is 27.3 Å². The van der Waals surface area contributed by atoms with Gasteiger partial charge >= 0.3 is 6.03 Å². The zero-order valence-electron chi connectivity index (χ0n) is 17.7. The Morgan fingerprint density at radius 2 is 2.03 bits per heavy atom. The zero-order valence-corrected chi connectivity index (χ0v) is 19.4. The molecule has 1 atom stereocenters. The fraction of sp³-hybridized carbons (Fsp3) is 0.600. The van der Waals surface area contributed by atoms with Gasteiger partial charge in [0.1, 0.15) is 10.5 Å². The van der Waals surface area contributed by atoms with E-state index in [0.29, 0.717) is 35.3 Å². The normalized spacial score (nSPS) is 17.9. The van der Waals surface area contributed by atoms with Gasteiger partial charge in [-0.25, -0.2) is 4.79 Å². The van der Waals surface area contributed by atoms with E-state index in [1.807, 2.05) is 43.9 Å². The molecule has 1 fully saturated rings. The molecule has 1 aromatic carbocycles. The van der Waals surface area contributed by atoms with E-state index < -0.39 is 16.9 Å². The Bertz CT molecular complexity index is 730. The van der Waals surface area contributed by atoms with Gasteiger partial charge in [-0.3, -0.25) is 5.21 Å². The van der Waals surface area contributed by atoms with Crippen molar-refractivity contribution in [1.82, 2.24) is 15.3 Å². The third-order valence-corrected chi connectivity index (χ3v) is 6.47. The minimum atomic E-state index is -0.554. The number of amides is 2. The van der Waals surface area contributed by atoms with Gasteiger partial charge < -0.3 is 19.7 Å². The van der Waals surface area contributed by atoms with Gasteiger partial charge in [0.25, 0.3) is 0 Å². The Labute approximate surface area is 182 Å². The van der Waals surface area contributed by atoms with E-state index in [2.05, 4.69) is 5.32 Å². The standard InChI is InChI=1S/C20H31N3O4S2/c1-6-7-11-21-18(24)23(25)17-20(2,3)29-19(28)22(17)12-10-14-8-9-15(26-4)16(13-14)27-5/h8-9,13,17,25H,6-7,10-12H2,1-5H3,(H,21,24)/t17-/m0/s1. The summed E-state index contributed by atoms with van der Waals surface area (Å²) in [5.74, 6) is 1.34. The average Bonchev–Trinajstić information content (AvgIpc) is 2.92. The Hall–Kier alpha value is -1.71. The van der Waals surface area contributed by atoms with Gasteiger partial charge in [0.2, 0.25) is 0 Å². The summed E-state index contributed by atoms with van der Waals surface area (Å²) in [5, 5.41) is 14.2. The van der Waals surface area contributed by atoms with Crippen molar-refractivity contribution in [3.05, 3.63) is 23.8 Å². The van der Waals surface area contributed by atoms with Crippen molar-refractivity contribution in [1.29, 1.82) is 0 Å². The molecule has 0 radical (unpaired) electrons. The van der Waals surface area contributed by atoms with Gasteiger partial charge in [-0.2, -0.15) is 5.06 Å². The highest BCUT2D eigenvalue weighted by Crippen LogP contribution is 2.42. The van der Waals surface area contributed by atoms with Crippen LogP contribution in [-0.4, -0.2) is 63.7 Å². The number of hydrogen-bond donors (Lipinski definition) is 2. The summed E-state index contributed by atoms with van der Waals surface area (Å²) in [6.07, 6.45) is 1.96. The molecule has 2 amide bonds. The van der Waals surface area contributed by atoms with Gasteiger partial charge in [0, 0.05) is 13.1 Å². The van der Waals surface area contributed by atoms with Crippen molar-refractivity contribution < 1.29 is 19.5 Å². The molecule has 0 spiro atoms. The molecule has 7 nitrogen and oxygen atoms in total. The smallest absolute Gasteiger partial charge is 0.343 e. The van der Waals surface area contributed by atoms with Crippen LogP contribution in [0.4, 0.5) is 4.79 Å². The Morgan fingerprint density at radius 3 is 2.66 bits per heavy atom. The zero-order chi connectivity index (χ0) is 21.6. The molecular weight excluding hydrogens is 410 g/mol. The van der Waals surface area contributed by atoms with Gasteiger partial charge in [-0.05, 0) is 44.4 Å². The maximum Gasteiger partial charge on any atom is 0.343 e. The second kappa shape index (κ2) is 10.4. The fourth-order valence-corrected chi connectivity index (χ4v) is 5.23. The summed E-state index contributed by atoms with van der Waals surface area (Å²) in [6, 6.07) is 5.27. The number of thioether (sulfide) groups is 1. The molecule has 1 saturated heterocycles. The molecule has 1 aromatic rings. The van der Waals surface area contributed by atoms with Crippen LogP contribution in [0.2, 0.25) is 0 Å². The van der Waals surface area contributed by atoms with Gasteiger partial charge in [0.05, 0.1) is 19.0 Å². The topological polar surface area (TPSA) is 74.3 Å². The largest absolute Gasteiger partial charge is 0.493 e. The van der Waals surface area contributed by atoms with Crippen molar-refractivity contribution in [2.45, 2.75) is 50.9 Å². The van der Waals surface area contributed by atoms with Gasteiger partial charge in [-0.1, -0.05) is 43.4 Å². The van der Waals surface area contributed by atoms with E-state index in [4.69, 9.17) is 21.7 Å². The molecule has 2 rings (SSSR count). The molecule has 162 valence electrons. The highest BCUT2D eigenvalue weighted by Gasteiger charge is 2.49. The first-order valence-corrected chi connectivity index (χ1v) is 10.9. The van der Waals surface area contributed by atoms with Crippen LogP contribution in [0.1, 0.15) is 39.2 Å². The van der Waals surface area contributed by atoms with Crippen molar-refractivity contribution in [2.24, 2.45) is 0 Å². The number of thiocarbonyl (C=S) groups is 1. The minimum absolute atomic E-state index is 0.439. The number of rotatable bonds is 9. The lowest BCUT2D eigenvalue weighted by atomic mass is 10.1. The van der Waals surface area contributed by atoms with Crippen LogP contribution in [0.25, 0.3) is 0 Å². The molecule has 0 aromatic heterocycles. The lowest BCUT2D eigenvalue weighted by molar-refractivity contribution is -0.118. The van der Waals surface area contributed by atoms with Crippen LogP contribution in [0.15, 0.2) is 18.2 Å². The van der Waals surface area contributed by atoms with Crippen molar-refractivity contribution >= 4 is 34.3 Å². The maximum atomic E-state index is 12.4. The molecule has 0 bridgehead atoms. The van der Waals surface area contributed by atoms with E-state index in [-0.39, 0.29) is 0 Å². The predicted molar refractivity (Wildman–Crippen MR) is 120 cm³/mol. The second-order valence-electron chi connectivity index (χ2n) is 7.41. The Morgan fingerprint density at radius 1 is 1.34 bits per heavy atom. The summed E-state index contributed by atoms with van der Waals surface area (Å²) < 4.78 is 10.9. The van der Waals surface area contributed by atoms with Gasteiger partial charge in [-0.15, -0.1) is 0 Å². The van der Waals surface area contributed by atoms with E-state index in [1.165, 1.54) is 11.8 Å². The highest BCUT2D eigenvalue weighted by molar-refractivity contribution is 8.24. The molecule has 1 aliphatic heterocycles. The van der Waals surface area contributed by atoms with E-state index >= 15 is 0 Å². The first kappa shape index (κ1) is 23.6. The number of carbonyl (C=O) groups is 1. The summed E-state index contributed by atoms with van der Waals surface area (Å²) in [5.41, 5.74) is 1.05. The third-order valence-electron chi connectivity index (χ3n) is 4.84. The fourth-order valence-electron chi connectivity index (χ4n) is 3.30. The number of nitrogens with one attached hydrogen (secondary N) is 1. The molecule has 9 heteroatoms. The Kier molecular flexibility index (Phi) is 8.42. The molecule has 2 N–H and O–H groups in total. The predicted octanol–water partition coefficient (Wildman–Crippen LogP) is 3.89. The molecular formula is C20H31N3O4S2. The monoisotopic (exact) mass is 441 g/mol. The lowest BCUT2D eigenvalue weighted by Crippen LogP contribution is -2.57. The van der Waals surface area contributed by atoms with E-state index in [0.717, 1.165) is 23.5 Å². The molecule has 0 unspecified atom stereocenters. The maximum absolute atomic E-state index is 12.4. The quantitative estimate of drug-likeness (QED) is 0.261. The van der Waals surface area contributed by atoms with Crippen LogP contribution >= 0.6 is 24.0 Å². The van der Waals surface area contributed by atoms with Crippen LogP contribution in [0.3, 0.4) is 0 Å². The summed E-state index contributed by atoms with van der Waals surface area (Å²) in [4.78, 5) is 14.3. The van der Waals surface area contributed by atoms with E-state index in [1.54, 1.807) is 14.2 Å². The van der Waals surface area contributed by atoms with Crippen LogP contribution in [-0.2, 0) is 6.42 Å². The highest BCUT2D eigenvalue weighted by atomic mass is 32.2. The first-order valence-electron chi connectivity index (χ1n) is 9.71. The number of methoxy groups -OCH3 is 2. The third kappa shape index (κ3) is 5.67. The number of hydrogen-bond acceptors (Lipinski definition) is 6. The lowest BCUT2D eigenvalue weighted by Gasteiger charge is -2.37. The molecule has 1 aliphatic rings. The van der Waals surface area contributed by atoms with Crippen LogP contribution < -0.4 is 14.8 Å². The number of ether oxygens (including phenoxy) is 2. The van der Waals surface area contributed by atoms with E-state index in [9.17, 15) is 10.0 Å². The number of nitrogens with zero attached hydrogens (tertiary/aromatic N) is 2. The van der Waals surface area contributed by atoms with Crippen LogP contribution in [0.5, 0.6) is 11.5 Å². The molecule has 29 heavy (non-hydrogen) atoms. The summed E-state index contributed by atoms with van der Waals surface area (Å²) in [7, 11) is 3.21. The van der Waals surface area contributed by atoms with Gasteiger partial charge in [0.15, 0.2) is 11.5 Å². The number of urea groups is 1. The second-order valence-corrected chi connectivity index (χ2v) is 9.70. The molecule has 0 aliphatic carbocycles. The van der Waals surface area contributed by atoms with Crippen LogP contribution in [0, 0.1) is 0 Å². The number of benzene rings is 1. The number of hydroxylamine groups is 2. The number of unbranched alkanes of at least 4 members (excludes halogenated alkanes) is 1. The molecule has 1 heterocycles. The van der Waals surface area contributed by atoms with Crippen molar-refractivity contribution in [3.63, 3.8) is 0 Å². The number of carbonyl (C=O) groups excluding carboxylic acids is 1. The summed E-state index contributed by atoms with van der Waals surface area (Å²) >= 11 is 7.05. The average molecular weight is 442 g/mol. The SMILES string of the molecule is CCCCNC(=O)N(O)[C@@H]1N(CCc2ccc(OC)c(OC)c2)C(=S)SC1(C)C. The Balaban J connectivity index is 2.12. The van der Waals surface area contributed by atoms with Crippen molar-refractivity contribution in [3.8, 4) is 11.5 Å². The molecule has 0 saturated carbocycles. The first-order chi connectivity index (χ1) is 13.7. The summed E-state index contributed by atoms with van der Waals surface area (Å²) in [6.45, 7) is 7.10.